The number of aliphatic hydroxyl groups is 1. The number of likely N-dealkylation sites (N-methyl/N-ethyl adjacent to an activating group) is 2. The second kappa shape index (κ2) is 36.6. The van der Waals surface area contributed by atoms with Crippen molar-refractivity contribution in [3.63, 3.8) is 0 Å². The summed E-state index contributed by atoms with van der Waals surface area (Å²) in [5.41, 5.74) is 6.16. The molecule has 12 atom stereocenters. The molecule has 1 aliphatic heterocycles. The number of rotatable bonds is 34. The van der Waals surface area contributed by atoms with Crippen molar-refractivity contribution < 1.29 is 70.9 Å². The average Bonchev–Trinajstić information content (AvgIpc) is 1.70. The van der Waals surface area contributed by atoms with E-state index in [0.717, 1.165) is 17.2 Å². The molecule has 2 aromatic carbocycles. The first-order valence-electron chi connectivity index (χ1n) is 32.1. The third-order valence-electron chi connectivity index (χ3n) is 17.4. The maximum atomic E-state index is 14.8. The summed E-state index contributed by atoms with van der Waals surface area (Å²) in [6.45, 7) is 19.4. The monoisotopic (exact) mass is 1340 g/mol. The third-order valence-corrected chi connectivity index (χ3v) is 18.4. The fourth-order valence-corrected chi connectivity index (χ4v) is 12.6. The van der Waals surface area contributed by atoms with Crippen molar-refractivity contribution >= 4 is 69.0 Å². The van der Waals surface area contributed by atoms with Gasteiger partial charge in [0.1, 0.15) is 36.8 Å². The van der Waals surface area contributed by atoms with Crippen LogP contribution in [0.3, 0.4) is 0 Å². The molecule has 27 nitrogen and oxygen atoms in total. The van der Waals surface area contributed by atoms with Gasteiger partial charge in [0.25, 0.3) is 5.91 Å². The topological polar surface area (TPSA) is 380 Å². The lowest BCUT2D eigenvalue weighted by molar-refractivity contribution is -0.148. The number of amides is 10. The first-order chi connectivity index (χ1) is 44.6. The second-order valence-corrected chi connectivity index (χ2v) is 27.5. The number of carbonyl (C=O) groups is 9. The van der Waals surface area contributed by atoms with Gasteiger partial charge in [-0.1, -0.05) is 111 Å². The molecule has 1 aliphatic rings. The molecule has 4 rings (SSSR count). The quantitative estimate of drug-likeness (QED) is 0.0369. The highest BCUT2D eigenvalue weighted by molar-refractivity contribution is 7.90. The van der Waals surface area contributed by atoms with Gasteiger partial charge in [-0.25, -0.2) is 23.0 Å². The van der Waals surface area contributed by atoms with Gasteiger partial charge in [-0.05, 0) is 92.5 Å². The summed E-state index contributed by atoms with van der Waals surface area (Å²) in [7, 11) is 2.12. The Bertz CT molecular complexity index is 3290. The first kappa shape index (κ1) is 79.2. The van der Waals surface area contributed by atoms with Crippen molar-refractivity contribution in [3.8, 4) is 6.07 Å². The Morgan fingerprint density at radius 3 is 1.99 bits per heavy atom. The molecular formula is C67H100N12O15S. The minimum atomic E-state index is -3.92. The van der Waals surface area contributed by atoms with Gasteiger partial charge >= 0.3 is 12.1 Å². The van der Waals surface area contributed by atoms with Crippen LogP contribution in [0.1, 0.15) is 147 Å². The number of aryl methyl sites for hydroxylation is 1. The predicted molar refractivity (Wildman–Crippen MR) is 355 cm³/mol. The number of pyridine rings is 1. The van der Waals surface area contributed by atoms with E-state index in [4.69, 9.17) is 19.9 Å². The molecule has 524 valence electrons. The SMILES string of the molecule is CC[C@H](C)[C@@H]([C@@H](CC(=O)N1CCC[C@H]1[C@H](OC)[C@@H](C)C(=O)N[C@H](C)[C@@H](O)c1ccccc1)OC)N(C)C(=O)[C@@H](NC(=O)[C@H](C(C)C)N(C)C(=O)OCc1ccc(NC(=O)[C@H](CCCNC(N)=O)NC(=O)[C@@H](NC(=O)c2cc(C#N)c(S(C)(=O)=O)nc2C)C(C)C)cc1)C(C)C. The number of aliphatic hydroxyl groups excluding tert-OH is 1. The molecule has 0 spiro atoms. The van der Waals surface area contributed by atoms with E-state index in [-0.39, 0.29) is 72.7 Å². The zero-order valence-electron chi connectivity index (χ0n) is 57.7. The number of nitriles is 1. The number of carbonyl (C=O) groups excluding carboxylic acids is 9. The van der Waals surface area contributed by atoms with E-state index in [1.807, 2.05) is 32.0 Å². The molecule has 0 unspecified atom stereocenters. The number of nitrogens with two attached hydrogens (primary N) is 1. The van der Waals surface area contributed by atoms with E-state index >= 15 is 0 Å². The van der Waals surface area contributed by atoms with E-state index < -0.39 is 141 Å². The van der Waals surface area contributed by atoms with Crippen LogP contribution < -0.4 is 37.6 Å². The van der Waals surface area contributed by atoms with Crippen LogP contribution in [0.5, 0.6) is 0 Å². The lowest BCUT2D eigenvalue weighted by Gasteiger charge is -2.41. The molecule has 0 radical (unpaired) electrons. The van der Waals surface area contributed by atoms with Crippen molar-refractivity contribution in [1.82, 2.24) is 46.3 Å². The summed E-state index contributed by atoms with van der Waals surface area (Å²) in [5, 5.41) is 36.4. The minimum absolute atomic E-state index is 0.00469. The molecule has 1 saturated heterocycles. The van der Waals surface area contributed by atoms with Crippen LogP contribution in [-0.4, -0.2) is 189 Å². The van der Waals surface area contributed by atoms with Crippen LogP contribution in [0, 0.1) is 47.8 Å². The zero-order chi connectivity index (χ0) is 71.3. The Morgan fingerprint density at radius 2 is 1.44 bits per heavy atom. The Balaban J connectivity index is 1.43. The van der Waals surface area contributed by atoms with Crippen LogP contribution in [0.15, 0.2) is 65.7 Å². The number of benzene rings is 2. The molecule has 0 saturated carbocycles. The highest BCUT2D eigenvalue weighted by atomic mass is 32.2. The number of nitrogens with zero attached hydrogens (tertiary/aromatic N) is 5. The van der Waals surface area contributed by atoms with Crippen LogP contribution in [0.25, 0.3) is 0 Å². The van der Waals surface area contributed by atoms with Gasteiger partial charge in [-0.2, -0.15) is 5.26 Å². The van der Waals surface area contributed by atoms with E-state index in [9.17, 15) is 61.9 Å². The molecule has 28 heteroatoms. The summed E-state index contributed by atoms with van der Waals surface area (Å²) in [4.78, 5) is 132. The normalized spacial score (nSPS) is 16.7. The molecule has 10 amide bonds. The lowest BCUT2D eigenvalue weighted by Crippen LogP contribution is -2.60. The molecule has 95 heavy (non-hydrogen) atoms. The highest BCUT2D eigenvalue weighted by Crippen LogP contribution is 2.31. The second-order valence-electron chi connectivity index (χ2n) is 25.6. The number of hydrogen-bond acceptors (Lipinski definition) is 17. The molecular weight excluding hydrogens is 1240 g/mol. The highest BCUT2D eigenvalue weighted by Gasteiger charge is 2.44. The predicted octanol–water partition coefficient (Wildman–Crippen LogP) is 4.88. The molecule has 2 heterocycles. The van der Waals surface area contributed by atoms with Crippen LogP contribution in [0.4, 0.5) is 15.3 Å². The van der Waals surface area contributed by atoms with E-state index in [0.29, 0.717) is 36.9 Å². The number of methoxy groups -OCH3 is 2. The number of primary amides is 1. The van der Waals surface area contributed by atoms with Gasteiger partial charge in [0.05, 0.1) is 65.6 Å². The van der Waals surface area contributed by atoms with Crippen molar-refractivity contribution in [2.24, 2.45) is 35.3 Å². The van der Waals surface area contributed by atoms with Gasteiger partial charge in [-0.15, -0.1) is 0 Å². The van der Waals surface area contributed by atoms with Crippen LogP contribution in [0.2, 0.25) is 0 Å². The molecule has 0 aliphatic carbocycles. The number of nitrogens with one attached hydrogen (secondary N) is 6. The maximum Gasteiger partial charge on any atom is 0.410 e. The summed E-state index contributed by atoms with van der Waals surface area (Å²) in [6, 6.07) is 11.0. The van der Waals surface area contributed by atoms with Gasteiger partial charge in [0.15, 0.2) is 14.9 Å². The number of sulfone groups is 1. The van der Waals surface area contributed by atoms with Gasteiger partial charge in [-0.3, -0.25) is 38.5 Å². The molecule has 9 N–H and O–H groups in total. The van der Waals surface area contributed by atoms with Crippen LogP contribution in [-0.2, 0) is 59.4 Å². The summed E-state index contributed by atoms with van der Waals surface area (Å²) in [5.74, 6) is -6.19. The summed E-state index contributed by atoms with van der Waals surface area (Å²) in [6.07, 6.45) is -0.425. The standard InChI is InChI=1S/C67H100N12O15S/c1-17-40(8)56(51(92-14)34-52(80)79-32-22-26-50(79)58(93-15)41(9)59(82)71-43(11)57(81)45-23-19-18-20-24-45)77(12)65(87)54(38(4)5)76-63(86)55(39(6)7)78(13)67(89)94-36-44-27-29-47(30-28-44)73-61(84)49(25-21-31-70-66(69)88)74-62(85)53(37(2)3)75-60(83)48-33-46(35-68)64(72-42(48)10)95(16,90)91/h18-20,23-24,27-30,33,37-41,43,49-51,53-58,81H,17,21-22,25-26,31-32,34,36H2,1-16H3,(H,71,82)(H,73,84)(H,74,85)(H,75,83)(H,76,86)(H3,69,70,88)/t40-,41+,43+,49-,50-,51+,53-,54-,55-,56-,57+,58+/m0/s1. The molecule has 0 bridgehead atoms. The number of urea groups is 1. The fourth-order valence-electron chi connectivity index (χ4n) is 11.8. The van der Waals surface area contributed by atoms with Gasteiger partial charge in [0, 0.05) is 53.3 Å². The fraction of sp³-hybridized carbons (Fsp3) is 0.597. The van der Waals surface area contributed by atoms with Gasteiger partial charge < -0.3 is 66.8 Å². The Morgan fingerprint density at radius 1 is 0.811 bits per heavy atom. The van der Waals surface area contributed by atoms with Crippen molar-refractivity contribution in [2.75, 3.05) is 53.0 Å². The third kappa shape index (κ3) is 21.9. The number of hydrogen-bond donors (Lipinski definition) is 8. The average molecular weight is 1350 g/mol. The van der Waals surface area contributed by atoms with Crippen molar-refractivity contribution in [2.45, 2.75) is 187 Å². The summed E-state index contributed by atoms with van der Waals surface area (Å²) < 4.78 is 42.3. The number of likely N-dealkylation sites (tertiary alicyclic amines) is 1. The largest absolute Gasteiger partial charge is 0.445 e. The van der Waals surface area contributed by atoms with Crippen LogP contribution >= 0.6 is 0 Å². The number of anilines is 1. The van der Waals surface area contributed by atoms with Crippen molar-refractivity contribution in [1.29, 1.82) is 5.26 Å². The Hall–Kier alpha value is -8.26. The smallest absolute Gasteiger partial charge is 0.410 e. The summed E-state index contributed by atoms with van der Waals surface area (Å²) >= 11 is 0. The molecule has 1 fully saturated rings. The van der Waals surface area contributed by atoms with Gasteiger partial charge in [0.2, 0.25) is 35.4 Å². The number of ether oxygens (including phenoxy) is 3. The maximum absolute atomic E-state index is 14.8. The lowest BCUT2D eigenvalue weighted by atomic mass is 9.89. The van der Waals surface area contributed by atoms with E-state index in [2.05, 4.69) is 36.9 Å². The Labute approximate surface area is 559 Å². The molecule has 1 aromatic heterocycles. The van der Waals surface area contributed by atoms with E-state index in [1.165, 1.54) is 45.2 Å². The number of aromatic nitrogens is 1. The first-order valence-corrected chi connectivity index (χ1v) is 34.0. The Kier molecular flexibility index (Phi) is 30.5. The zero-order valence-corrected chi connectivity index (χ0v) is 58.5. The van der Waals surface area contributed by atoms with E-state index in [1.54, 1.807) is 97.7 Å². The minimum Gasteiger partial charge on any atom is -0.445 e. The van der Waals surface area contributed by atoms with Crippen molar-refractivity contribution in [3.05, 3.63) is 88.6 Å². The molecule has 3 aromatic rings.